The molecule has 4 rings (SSSR count). The third-order valence-corrected chi connectivity index (χ3v) is 7.07. The second-order valence-electron chi connectivity index (χ2n) is 8.28. The molecular weight excluding hydrogens is 511 g/mol. The Bertz CT molecular complexity index is 1410. The molecule has 3 aromatic carbocycles. The van der Waals surface area contributed by atoms with Gasteiger partial charge in [0.05, 0.1) is 33.9 Å². The molecule has 8 heteroatoms. The molecule has 0 saturated heterocycles. The van der Waals surface area contributed by atoms with E-state index in [9.17, 15) is 19.2 Å². The highest BCUT2D eigenvalue weighted by molar-refractivity contribution is 8.03. The van der Waals surface area contributed by atoms with Crippen LogP contribution in [-0.2, 0) is 16.1 Å². The highest BCUT2D eigenvalue weighted by Gasteiger charge is 2.35. The summed E-state index contributed by atoms with van der Waals surface area (Å²) in [6.07, 6.45) is 0. The average Bonchev–Trinajstić information content (AvgIpc) is 2.91. The van der Waals surface area contributed by atoms with Gasteiger partial charge in [0, 0.05) is 16.3 Å². The van der Waals surface area contributed by atoms with E-state index in [-0.39, 0.29) is 23.7 Å². The number of nitriles is 1. The predicted molar refractivity (Wildman–Crippen MR) is 142 cm³/mol. The lowest BCUT2D eigenvalue weighted by molar-refractivity contribution is -0.140. The van der Waals surface area contributed by atoms with E-state index < -0.39 is 17.7 Å². The van der Waals surface area contributed by atoms with Crippen molar-refractivity contribution in [2.75, 3.05) is 5.75 Å². The lowest BCUT2D eigenvalue weighted by Gasteiger charge is -2.29. The first-order valence-electron chi connectivity index (χ1n) is 11.4. The highest BCUT2D eigenvalue weighted by Crippen LogP contribution is 2.41. The topological polar surface area (TPSA) is 79.2 Å². The Hall–Kier alpha value is -3.86. The molecule has 0 saturated carbocycles. The lowest BCUT2D eigenvalue weighted by atomic mass is 9.82. The SMILES string of the molecule is CC1=C(C(=O)OCc2ccccc2)[C@H](c2ccc(Cl)cc2)C(C#N)=C(SCC(=O)c2ccc(F)cc2)N1. The second kappa shape index (κ2) is 11.9. The van der Waals surface area contributed by atoms with Crippen LogP contribution in [-0.4, -0.2) is 17.5 Å². The molecule has 0 amide bonds. The number of ether oxygens (including phenoxy) is 1. The quantitative estimate of drug-likeness (QED) is 0.262. The van der Waals surface area contributed by atoms with Gasteiger partial charge in [0.25, 0.3) is 0 Å². The van der Waals surface area contributed by atoms with E-state index in [1.165, 1.54) is 24.3 Å². The Morgan fingerprint density at radius 2 is 1.73 bits per heavy atom. The molecule has 186 valence electrons. The van der Waals surface area contributed by atoms with Gasteiger partial charge in [-0.25, -0.2) is 9.18 Å². The number of nitrogens with one attached hydrogen (secondary N) is 1. The van der Waals surface area contributed by atoms with Crippen molar-refractivity contribution >= 4 is 35.1 Å². The largest absolute Gasteiger partial charge is 0.457 e. The van der Waals surface area contributed by atoms with Gasteiger partial charge in [-0.2, -0.15) is 5.26 Å². The molecule has 1 heterocycles. The summed E-state index contributed by atoms with van der Waals surface area (Å²) < 4.78 is 18.8. The summed E-state index contributed by atoms with van der Waals surface area (Å²) in [4.78, 5) is 26.0. The monoisotopic (exact) mass is 532 g/mol. The summed E-state index contributed by atoms with van der Waals surface area (Å²) in [6, 6.07) is 23.8. The van der Waals surface area contributed by atoms with E-state index in [1.54, 1.807) is 31.2 Å². The standard InChI is InChI=1S/C29H22ClFN2O3S/c1-18-26(29(35)36-16-19-5-3-2-4-6-19)27(21-7-11-22(30)12-8-21)24(15-32)28(33-18)37-17-25(34)20-9-13-23(31)14-10-20/h2-14,27,33H,16-17H2,1H3/t27-/m1/s1. The molecular formula is C29H22ClFN2O3S. The van der Waals surface area contributed by atoms with Gasteiger partial charge in [0.2, 0.25) is 0 Å². The van der Waals surface area contributed by atoms with Crippen LogP contribution in [0.3, 0.4) is 0 Å². The molecule has 0 aromatic heterocycles. The zero-order chi connectivity index (χ0) is 26.4. The first kappa shape index (κ1) is 26.2. The van der Waals surface area contributed by atoms with Crippen LogP contribution < -0.4 is 5.32 Å². The number of carbonyl (C=O) groups is 2. The number of thioether (sulfide) groups is 1. The van der Waals surface area contributed by atoms with Crippen LogP contribution in [0.25, 0.3) is 0 Å². The zero-order valence-corrected chi connectivity index (χ0v) is 21.4. The molecule has 37 heavy (non-hydrogen) atoms. The van der Waals surface area contributed by atoms with Crippen molar-refractivity contribution < 1.29 is 18.7 Å². The van der Waals surface area contributed by atoms with E-state index in [1.807, 2.05) is 30.3 Å². The van der Waals surface area contributed by atoms with Crippen molar-refractivity contribution in [3.8, 4) is 6.07 Å². The minimum atomic E-state index is -0.713. The van der Waals surface area contributed by atoms with E-state index in [4.69, 9.17) is 16.3 Å². The molecule has 0 unspecified atom stereocenters. The first-order valence-corrected chi connectivity index (χ1v) is 12.7. The molecule has 0 bridgehead atoms. The van der Waals surface area contributed by atoms with Crippen LogP contribution >= 0.6 is 23.4 Å². The Labute approximate surface area is 223 Å². The van der Waals surface area contributed by atoms with Crippen molar-refractivity contribution in [2.45, 2.75) is 19.4 Å². The fraction of sp³-hybridized carbons (Fsp3) is 0.138. The number of benzene rings is 3. The third-order valence-electron chi connectivity index (χ3n) is 5.80. The van der Waals surface area contributed by atoms with Gasteiger partial charge in [-0.15, -0.1) is 0 Å². The number of dihydropyridines is 1. The number of rotatable bonds is 8. The van der Waals surface area contributed by atoms with Crippen molar-refractivity contribution in [1.82, 2.24) is 5.32 Å². The Morgan fingerprint density at radius 3 is 2.38 bits per heavy atom. The van der Waals surface area contributed by atoms with E-state index in [0.717, 1.165) is 17.3 Å². The van der Waals surface area contributed by atoms with Gasteiger partial charge in [-0.1, -0.05) is 65.8 Å². The number of hydrogen-bond donors (Lipinski definition) is 1. The molecule has 1 aliphatic rings. The third kappa shape index (κ3) is 6.29. The predicted octanol–water partition coefficient (Wildman–Crippen LogP) is 6.53. The number of hydrogen-bond acceptors (Lipinski definition) is 6. The maximum Gasteiger partial charge on any atom is 0.337 e. The molecule has 0 radical (unpaired) electrons. The minimum Gasteiger partial charge on any atom is -0.457 e. The molecule has 1 N–H and O–H groups in total. The maximum absolute atomic E-state index is 13.3. The summed E-state index contributed by atoms with van der Waals surface area (Å²) in [7, 11) is 0. The van der Waals surface area contributed by atoms with Gasteiger partial charge >= 0.3 is 5.97 Å². The molecule has 0 fully saturated rings. The number of nitrogens with zero attached hydrogens (tertiary/aromatic N) is 1. The van der Waals surface area contributed by atoms with Gasteiger partial charge in [-0.3, -0.25) is 4.79 Å². The number of Topliss-reactive ketones (excluding diaryl/α,β-unsaturated/α-hetero) is 1. The van der Waals surface area contributed by atoms with Crippen LogP contribution in [0.2, 0.25) is 5.02 Å². The molecule has 0 spiro atoms. The van der Waals surface area contributed by atoms with Crippen LogP contribution in [0.15, 0.2) is 101 Å². The van der Waals surface area contributed by atoms with E-state index in [2.05, 4.69) is 11.4 Å². The second-order valence-corrected chi connectivity index (χ2v) is 9.71. The van der Waals surface area contributed by atoms with Crippen molar-refractivity contribution in [1.29, 1.82) is 5.26 Å². The fourth-order valence-corrected chi connectivity index (χ4v) is 5.06. The molecule has 1 aliphatic heterocycles. The first-order chi connectivity index (χ1) is 17.9. The van der Waals surface area contributed by atoms with E-state index in [0.29, 0.717) is 32.4 Å². The molecule has 1 atom stereocenters. The number of halogens is 2. The maximum atomic E-state index is 13.3. The van der Waals surface area contributed by atoms with Gasteiger partial charge in [-0.05, 0) is 54.4 Å². The zero-order valence-electron chi connectivity index (χ0n) is 19.8. The normalized spacial score (nSPS) is 15.1. The Kier molecular flexibility index (Phi) is 8.44. The number of allylic oxidation sites excluding steroid dienone is 2. The van der Waals surface area contributed by atoms with Crippen LogP contribution in [0.1, 0.15) is 34.3 Å². The number of carbonyl (C=O) groups excluding carboxylic acids is 2. The number of ketones is 1. The smallest absolute Gasteiger partial charge is 0.337 e. The van der Waals surface area contributed by atoms with Crippen molar-refractivity contribution in [3.63, 3.8) is 0 Å². The highest BCUT2D eigenvalue weighted by atomic mass is 35.5. The fourth-order valence-electron chi connectivity index (χ4n) is 3.94. The summed E-state index contributed by atoms with van der Waals surface area (Å²) in [5, 5.41) is 14.3. The number of esters is 1. The van der Waals surface area contributed by atoms with Crippen LogP contribution in [0.5, 0.6) is 0 Å². The van der Waals surface area contributed by atoms with Gasteiger partial charge < -0.3 is 10.1 Å². The molecule has 0 aliphatic carbocycles. The lowest BCUT2D eigenvalue weighted by Crippen LogP contribution is -2.29. The molecule has 5 nitrogen and oxygen atoms in total. The summed E-state index contributed by atoms with van der Waals surface area (Å²) in [5.74, 6) is -1.88. The summed E-state index contributed by atoms with van der Waals surface area (Å²) >= 11 is 7.25. The van der Waals surface area contributed by atoms with Gasteiger partial charge in [0.15, 0.2) is 5.78 Å². The average molecular weight is 533 g/mol. The summed E-state index contributed by atoms with van der Waals surface area (Å²) in [6.45, 7) is 1.82. The van der Waals surface area contributed by atoms with Crippen LogP contribution in [0, 0.1) is 17.1 Å². The Morgan fingerprint density at radius 1 is 1.05 bits per heavy atom. The molecule has 3 aromatic rings. The minimum absolute atomic E-state index is 0.0214. The Balaban J connectivity index is 1.63. The van der Waals surface area contributed by atoms with E-state index >= 15 is 0 Å². The van der Waals surface area contributed by atoms with Gasteiger partial charge in [0.1, 0.15) is 12.4 Å². The summed E-state index contributed by atoms with van der Waals surface area (Å²) in [5.41, 5.74) is 3.02. The van der Waals surface area contributed by atoms with Crippen molar-refractivity contribution in [2.24, 2.45) is 0 Å². The van der Waals surface area contributed by atoms with Crippen LogP contribution in [0.4, 0.5) is 4.39 Å². The van der Waals surface area contributed by atoms with Crippen molar-refractivity contribution in [3.05, 3.63) is 128 Å².